The Morgan fingerprint density at radius 1 is 1.64 bits per heavy atom. The standard InChI is InChI=1S/C11H16N2O/c1-2-14-11-5-7-13(9-11)10-4-3-6-12-8-10/h3-4,6,8,11H,2,5,7,9H2,1H3. The smallest absolute Gasteiger partial charge is 0.0766 e. The molecular formula is C11H16N2O. The predicted molar refractivity (Wildman–Crippen MR) is 56.5 cm³/mol. The van der Waals surface area contributed by atoms with Crippen LogP contribution in [0.1, 0.15) is 13.3 Å². The van der Waals surface area contributed by atoms with Gasteiger partial charge >= 0.3 is 0 Å². The average Bonchev–Trinajstić information content (AvgIpc) is 2.68. The van der Waals surface area contributed by atoms with Crippen molar-refractivity contribution in [2.45, 2.75) is 19.4 Å². The Balaban J connectivity index is 1.96. The van der Waals surface area contributed by atoms with Crippen molar-refractivity contribution in [1.82, 2.24) is 4.98 Å². The summed E-state index contributed by atoms with van der Waals surface area (Å²) in [6.07, 6.45) is 5.25. The summed E-state index contributed by atoms with van der Waals surface area (Å²) in [5.41, 5.74) is 1.20. The number of aromatic nitrogens is 1. The van der Waals surface area contributed by atoms with Crippen LogP contribution in [0.15, 0.2) is 24.5 Å². The van der Waals surface area contributed by atoms with Gasteiger partial charge in [0.1, 0.15) is 0 Å². The van der Waals surface area contributed by atoms with Crippen molar-refractivity contribution < 1.29 is 4.74 Å². The Labute approximate surface area is 84.7 Å². The molecular weight excluding hydrogens is 176 g/mol. The van der Waals surface area contributed by atoms with Gasteiger partial charge in [-0.2, -0.15) is 0 Å². The zero-order valence-electron chi connectivity index (χ0n) is 8.52. The maximum Gasteiger partial charge on any atom is 0.0766 e. The second kappa shape index (κ2) is 4.42. The molecule has 3 nitrogen and oxygen atoms in total. The second-order valence-corrected chi connectivity index (χ2v) is 3.52. The first-order chi connectivity index (χ1) is 6.90. The van der Waals surface area contributed by atoms with Gasteiger partial charge in [0.05, 0.1) is 18.0 Å². The molecule has 2 rings (SSSR count). The Kier molecular flexibility index (Phi) is 2.99. The van der Waals surface area contributed by atoms with E-state index in [9.17, 15) is 0 Å². The zero-order chi connectivity index (χ0) is 9.80. The summed E-state index contributed by atoms with van der Waals surface area (Å²) >= 11 is 0. The van der Waals surface area contributed by atoms with E-state index in [-0.39, 0.29) is 0 Å². The molecule has 0 amide bonds. The Morgan fingerprint density at radius 3 is 3.29 bits per heavy atom. The van der Waals surface area contributed by atoms with Crippen LogP contribution in [0.3, 0.4) is 0 Å². The highest BCUT2D eigenvalue weighted by Gasteiger charge is 2.22. The molecule has 76 valence electrons. The van der Waals surface area contributed by atoms with Gasteiger partial charge in [-0.25, -0.2) is 0 Å². The molecule has 1 aliphatic heterocycles. The van der Waals surface area contributed by atoms with Gasteiger partial charge < -0.3 is 9.64 Å². The Hall–Kier alpha value is -1.09. The Bertz CT molecular complexity index is 276. The zero-order valence-corrected chi connectivity index (χ0v) is 8.52. The van der Waals surface area contributed by atoms with Gasteiger partial charge in [0.2, 0.25) is 0 Å². The molecule has 1 fully saturated rings. The molecule has 1 aliphatic rings. The van der Waals surface area contributed by atoms with E-state index in [0.29, 0.717) is 6.10 Å². The van der Waals surface area contributed by atoms with Crippen LogP contribution in [0.25, 0.3) is 0 Å². The van der Waals surface area contributed by atoms with Crippen molar-refractivity contribution in [1.29, 1.82) is 0 Å². The molecule has 3 heteroatoms. The highest BCUT2D eigenvalue weighted by Crippen LogP contribution is 2.20. The van der Waals surface area contributed by atoms with E-state index in [1.807, 2.05) is 19.2 Å². The molecule has 1 atom stereocenters. The van der Waals surface area contributed by atoms with E-state index in [1.165, 1.54) is 5.69 Å². The maximum atomic E-state index is 5.59. The van der Waals surface area contributed by atoms with E-state index in [4.69, 9.17) is 4.74 Å². The molecule has 0 aromatic carbocycles. The fourth-order valence-corrected chi connectivity index (χ4v) is 1.88. The van der Waals surface area contributed by atoms with Gasteiger partial charge in [0, 0.05) is 25.9 Å². The molecule has 1 aromatic rings. The molecule has 14 heavy (non-hydrogen) atoms. The van der Waals surface area contributed by atoms with Crippen molar-refractivity contribution in [3.63, 3.8) is 0 Å². The van der Waals surface area contributed by atoms with Gasteiger partial charge in [-0.15, -0.1) is 0 Å². The van der Waals surface area contributed by atoms with Gasteiger partial charge in [-0.1, -0.05) is 0 Å². The predicted octanol–water partition coefficient (Wildman–Crippen LogP) is 1.70. The number of hydrogen-bond acceptors (Lipinski definition) is 3. The second-order valence-electron chi connectivity index (χ2n) is 3.52. The lowest BCUT2D eigenvalue weighted by Gasteiger charge is -2.17. The number of ether oxygens (including phenoxy) is 1. The minimum Gasteiger partial charge on any atom is -0.377 e. The van der Waals surface area contributed by atoms with Crippen LogP contribution in [0.4, 0.5) is 5.69 Å². The fraction of sp³-hybridized carbons (Fsp3) is 0.545. The summed E-state index contributed by atoms with van der Waals surface area (Å²) < 4.78 is 5.59. The van der Waals surface area contributed by atoms with Crippen molar-refractivity contribution in [3.8, 4) is 0 Å². The minimum absolute atomic E-state index is 0.403. The SMILES string of the molecule is CCOC1CCN(c2cccnc2)C1. The third kappa shape index (κ3) is 2.04. The van der Waals surface area contributed by atoms with Crippen LogP contribution in [0.2, 0.25) is 0 Å². The monoisotopic (exact) mass is 192 g/mol. The van der Waals surface area contributed by atoms with Crippen LogP contribution >= 0.6 is 0 Å². The molecule has 0 saturated carbocycles. The summed E-state index contributed by atoms with van der Waals surface area (Å²) in [7, 11) is 0. The molecule has 0 spiro atoms. The summed E-state index contributed by atoms with van der Waals surface area (Å²) in [6.45, 7) is 4.94. The molecule has 0 aliphatic carbocycles. The fourth-order valence-electron chi connectivity index (χ4n) is 1.88. The Morgan fingerprint density at radius 2 is 2.57 bits per heavy atom. The lowest BCUT2D eigenvalue weighted by atomic mass is 10.3. The topological polar surface area (TPSA) is 25.4 Å². The average molecular weight is 192 g/mol. The maximum absolute atomic E-state index is 5.59. The van der Waals surface area contributed by atoms with E-state index in [0.717, 1.165) is 26.1 Å². The van der Waals surface area contributed by atoms with Crippen molar-refractivity contribution in [3.05, 3.63) is 24.5 Å². The summed E-state index contributed by atoms with van der Waals surface area (Å²) in [5.74, 6) is 0. The van der Waals surface area contributed by atoms with Crippen LogP contribution < -0.4 is 4.90 Å². The molecule has 2 heterocycles. The van der Waals surface area contributed by atoms with E-state index in [2.05, 4.69) is 16.0 Å². The van der Waals surface area contributed by atoms with Crippen LogP contribution in [-0.4, -0.2) is 30.8 Å². The van der Waals surface area contributed by atoms with E-state index < -0.39 is 0 Å². The first-order valence-electron chi connectivity index (χ1n) is 5.16. The largest absolute Gasteiger partial charge is 0.377 e. The first kappa shape index (κ1) is 9.46. The molecule has 0 bridgehead atoms. The third-order valence-corrected chi connectivity index (χ3v) is 2.56. The van der Waals surface area contributed by atoms with Gasteiger partial charge in [0.25, 0.3) is 0 Å². The van der Waals surface area contributed by atoms with Gasteiger partial charge in [0.15, 0.2) is 0 Å². The minimum atomic E-state index is 0.403. The summed E-state index contributed by atoms with van der Waals surface area (Å²) in [6, 6.07) is 4.07. The number of rotatable bonds is 3. The number of nitrogens with zero attached hydrogens (tertiary/aromatic N) is 2. The quantitative estimate of drug-likeness (QED) is 0.728. The highest BCUT2D eigenvalue weighted by molar-refractivity contribution is 5.44. The lowest BCUT2D eigenvalue weighted by molar-refractivity contribution is 0.0787. The van der Waals surface area contributed by atoms with E-state index in [1.54, 1.807) is 6.20 Å². The number of pyridine rings is 1. The number of hydrogen-bond donors (Lipinski definition) is 0. The molecule has 0 N–H and O–H groups in total. The molecule has 1 aromatic heterocycles. The van der Waals surface area contributed by atoms with Crippen LogP contribution in [-0.2, 0) is 4.74 Å². The summed E-state index contributed by atoms with van der Waals surface area (Å²) in [4.78, 5) is 6.44. The van der Waals surface area contributed by atoms with E-state index >= 15 is 0 Å². The third-order valence-electron chi connectivity index (χ3n) is 2.56. The lowest BCUT2D eigenvalue weighted by Crippen LogP contribution is -2.22. The van der Waals surface area contributed by atoms with Crippen molar-refractivity contribution in [2.75, 3.05) is 24.6 Å². The molecule has 0 radical (unpaired) electrons. The van der Waals surface area contributed by atoms with Crippen molar-refractivity contribution >= 4 is 5.69 Å². The summed E-state index contributed by atoms with van der Waals surface area (Å²) in [5, 5.41) is 0. The van der Waals surface area contributed by atoms with Gasteiger partial charge in [-0.05, 0) is 25.5 Å². The number of anilines is 1. The normalized spacial score (nSPS) is 21.5. The molecule has 1 unspecified atom stereocenters. The van der Waals surface area contributed by atoms with Crippen LogP contribution in [0, 0.1) is 0 Å². The molecule has 1 saturated heterocycles. The van der Waals surface area contributed by atoms with Crippen LogP contribution in [0.5, 0.6) is 0 Å². The highest BCUT2D eigenvalue weighted by atomic mass is 16.5. The first-order valence-corrected chi connectivity index (χ1v) is 5.16. The van der Waals surface area contributed by atoms with Crippen molar-refractivity contribution in [2.24, 2.45) is 0 Å². The van der Waals surface area contributed by atoms with Gasteiger partial charge in [-0.3, -0.25) is 4.98 Å².